The number of ether oxygens (including phenoxy) is 1. The molecular weight excluding hydrogens is 281 g/mol. The van der Waals surface area contributed by atoms with Gasteiger partial charge in [0.15, 0.2) is 0 Å². The highest BCUT2D eigenvalue weighted by atomic mass is 35.5. The molecule has 0 atom stereocenters. The van der Waals surface area contributed by atoms with Crippen molar-refractivity contribution in [3.05, 3.63) is 38.8 Å². The van der Waals surface area contributed by atoms with Crippen LogP contribution in [0, 0.1) is 6.92 Å². The quantitative estimate of drug-likeness (QED) is 0.927. The fourth-order valence-corrected chi connectivity index (χ4v) is 2.49. The molecule has 0 fully saturated rings. The molecule has 0 spiro atoms. The molecule has 1 aromatic heterocycles. The first-order chi connectivity index (χ1) is 8.10. The Kier molecular flexibility index (Phi) is 3.89. The van der Waals surface area contributed by atoms with Crippen LogP contribution in [0.15, 0.2) is 18.2 Å². The van der Waals surface area contributed by atoms with Crippen LogP contribution in [0.3, 0.4) is 0 Å². The van der Waals surface area contributed by atoms with Crippen molar-refractivity contribution >= 4 is 34.5 Å². The van der Waals surface area contributed by atoms with Gasteiger partial charge >= 0.3 is 0 Å². The molecule has 0 aliphatic heterocycles. The van der Waals surface area contributed by atoms with Crippen molar-refractivity contribution in [3.63, 3.8) is 0 Å². The van der Waals surface area contributed by atoms with Crippen LogP contribution in [0.4, 0.5) is 0 Å². The summed E-state index contributed by atoms with van der Waals surface area (Å²) in [6.45, 7) is 1.79. The number of thiazole rings is 1. The van der Waals surface area contributed by atoms with Crippen molar-refractivity contribution in [1.29, 1.82) is 0 Å². The summed E-state index contributed by atoms with van der Waals surface area (Å²) in [5, 5.41) is 10.1. The van der Waals surface area contributed by atoms with Gasteiger partial charge in [0, 0.05) is 0 Å². The highest BCUT2D eigenvalue weighted by molar-refractivity contribution is 7.13. The van der Waals surface area contributed by atoms with Gasteiger partial charge in [-0.25, -0.2) is 0 Å². The lowest BCUT2D eigenvalue weighted by atomic mass is 10.2. The van der Waals surface area contributed by atoms with Crippen LogP contribution in [0.1, 0.15) is 10.4 Å². The molecule has 6 heteroatoms. The van der Waals surface area contributed by atoms with Gasteiger partial charge in [0.25, 0.3) is 5.19 Å². The molecule has 0 saturated heterocycles. The average Bonchev–Trinajstić information content (AvgIpc) is 2.63. The number of aryl methyl sites for hydroxylation is 1. The van der Waals surface area contributed by atoms with E-state index in [-0.39, 0.29) is 11.8 Å². The van der Waals surface area contributed by atoms with Crippen molar-refractivity contribution in [3.8, 4) is 10.9 Å². The molecule has 0 aliphatic rings. The van der Waals surface area contributed by atoms with Gasteiger partial charge in [0.05, 0.1) is 16.5 Å². The van der Waals surface area contributed by atoms with Gasteiger partial charge in [0.2, 0.25) is 0 Å². The smallest absolute Gasteiger partial charge is 0.280 e. The molecule has 1 aromatic carbocycles. The fraction of sp³-hybridized carbons (Fsp3) is 0.182. The van der Waals surface area contributed by atoms with Crippen LogP contribution in [0.5, 0.6) is 10.9 Å². The maximum Gasteiger partial charge on any atom is 0.280 e. The van der Waals surface area contributed by atoms with E-state index in [1.807, 2.05) is 13.0 Å². The molecule has 1 heterocycles. The molecule has 0 radical (unpaired) electrons. The molecule has 3 nitrogen and oxygen atoms in total. The molecular formula is C11H9Cl2NO2S. The van der Waals surface area contributed by atoms with Gasteiger partial charge in [-0.2, -0.15) is 4.98 Å². The second-order valence-electron chi connectivity index (χ2n) is 3.39. The maximum absolute atomic E-state index is 8.99. The third-order valence-electron chi connectivity index (χ3n) is 2.06. The molecule has 90 valence electrons. The number of hydrogen-bond donors (Lipinski definition) is 1. The van der Waals surface area contributed by atoms with Crippen LogP contribution in [-0.4, -0.2) is 10.1 Å². The minimum Gasteiger partial charge on any atom is -0.429 e. The Bertz CT molecular complexity index is 542. The molecule has 0 amide bonds. The first-order valence-electron chi connectivity index (χ1n) is 4.80. The Morgan fingerprint density at radius 2 is 2.18 bits per heavy atom. The molecule has 2 aromatic rings. The summed E-state index contributed by atoms with van der Waals surface area (Å²) in [5.41, 5.74) is 1.05. The average molecular weight is 290 g/mol. The second kappa shape index (κ2) is 5.23. The maximum atomic E-state index is 8.99. The number of halogens is 2. The van der Waals surface area contributed by atoms with Crippen molar-refractivity contribution in [1.82, 2.24) is 4.98 Å². The summed E-state index contributed by atoms with van der Waals surface area (Å²) >= 11 is 13.0. The lowest BCUT2D eigenvalue weighted by Crippen LogP contribution is -1.84. The van der Waals surface area contributed by atoms with Crippen molar-refractivity contribution in [2.45, 2.75) is 13.5 Å². The highest BCUT2D eigenvalue weighted by Crippen LogP contribution is 2.35. The van der Waals surface area contributed by atoms with E-state index >= 15 is 0 Å². The standard InChI is InChI=1S/C11H9Cl2NO2S/c1-6-2-3-8(7(12)4-6)16-11-14-10(13)9(5-15)17-11/h2-4,15H,5H2,1H3. The molecule has 0 saturated carbocycles. The van der Waals surface area contributed by atoms with E-state index in [9.17, 15) is 0 Å². The molecule has 17 heavy (non-hydrogen) atoms. The van der Waals surface area contributed by atoms with Crippen molar-refractivity contribution in [2.75, 3.05) is 0 Å². The Hall–Kier alpha value is -0.810. The summed E-state index contributed by atoms with van der Waals surface area (Å²) in [6, 6.07) is 5.47. The lowest BCUT2D eigenvalue weighted by molar-refractivity contribution is 0.285. The van der Waals surface area contributed by atoms with Gasteiger partial charge in [-0.05, 0) is 24.6 Å². The largest absolute Gasteiger partial charge is 0.429 e. The lowest BCUT2D eigenvalue weighted by Gasteiger charge is -2.04. The Labute approximate surface area is 113 Å². The van der Waals surface area contributed by atoms with Gasteiger partial charge in [-0.3, -0.25) is 0 Å². The molecule has 2 rings (SSSR count). The number of rotatable bonds is 3. The third-order valence-corrected chi connectivity index (χ3v) is 3.70. The van der Waals surface area contributed by atoms with Crippen molar-refractivity contribution in [2.24, 2.45) is 0 Å². The first kappa shape index (κ1) is 12.6. The summed E-state index contributed by atoms with van der Waals surface area (Å²) in [7, 11) is 0. The van der Waals surface area contributed by atoms with E-state index in [1.165, 1.54) is 11.3 Å². The number of nitrogens with zero attached hydrogens (tertiary/aromatic N) is 1. The normalized spacial score (nSPS) is 10.6. The van der Waals surface area contributed by atoms with Crippen LogP contribution in [0.2, 0.25) is 10.2 Å². The summed E-state index contributed by atoms with van der Waals surface area (Å²) in [5.74, 6) is 0.521. The summed E-state index contributed by atoms with van der Waals surface area (Å²) < 4.78 is 5.51. The zero-order chi connectivity index (χ0) is 12.4. The van der Waals surface area contributed by atoms with Gasteiger partial charge in [-0.15, -0.1) is 0 Å². The summed E-state index contributed by atoms with van der Waals surface area (Å²) in [6.07, 6.45) is 0. The molecule has 0 bridgehead atoms. The zero-order valence-corrected chi connectivity index (χ0v) is 11.2. The number of benzene rings is 1. The highest BCUT2D eigenvalue weighted by Gasteiger charge is 2.11. The van der Waals surface area contributed by atoms with Crippen LogP contribution >= 0.6 is 34.5 Å². The fourth-order valence-electron chi connectivity index (χ4n) is 1.24. The molecule has 1 N–H and O–H groups in total. The Morgan fingerprint density at radius 1 is 1.41 bits per heavy atom. The Balaban J connectivity index is 2.25. The first-order valence-corrected chi connectivity index (χ1v) is 6.37. The third kappa shape index (κ3) is 2.90. The number of aliphatic hydroxyl groups is 1. The van der Waals surface area contributed by atoms with Gasteiger partial charge in [0.1, 0.15) is 10.9 Å². The van der Waals surface area contributed by atoms with Crippen LogP contribution < -0.4 is 4.74 Å². The van der Waals surface area contributed by atoms with Crippen molar-refractivity contribution < 1.29 is 9.84 Å². The molecule has 0 aliphatic carbocycles. The van der Waals surface area contributed by atoms with E-state index in [4.69, 9.17) is 33.0 Å². The Morgan fingerprint density at radius 3 is 2.76 bits per heavy atom. The van der Waals surface area contributed by atoms with Crippen LogP contribution in [-0.2, 0) is 6.61 Å². The van der Waals surface area contributed by atoms with Gasteiger partial charge < -0.3 is 9.84 Å². The van der Waals surface area contributed by atoms with E-state index < -0.39 is 0 Å². The number of aromatic nitrogens is 1. The zero-order valence-electron chi connectivity index (χ0n) is 8.91. The van der Waals surface area contributed by atoms with E-state index in [0.29, 0.717) is 20.8 Å². The monoisotopic (exact) mass is 289 g/mol. The summed E-state index contributed by atoms with van der Waals surface area (Å²) in [4.78, 5) is 4.56. The number of hydrogen-bond acceptors (Lipinski definition) is 4. The second-order valence-corrected chi connectivity index (χ2v) is 5.20. The van der Waals surface area contributed by atoms with E-state index in [0.717, 1.165) is 5.56 Å². The SMILES string of the molecule is Cc1ccc(Oc2nc(Cl)c(CO)s2)c(Cl)c1. The minimum absolute atomic E-state index is 0.151. The minimum atomic E-state index is -0.151. The number of aliphatic hydroxyl groups excluding tert-OH is 1. The topological polar surface area (TPSA) is 42.4 Å². The van der Waals surface area contributed by atoms with Gasteiger partial charge in [-0.1, -0.05) is 40.6 Å². The predicted octanol–water partition coefficient (Wildman–Crippen LogP) is 4.04. The van der Waals surface area contributed by atoms with Crippen LogP contribution in [0.25, 0.3) is 0 Å². The molecule has 0 unspecified atom stereocenters. The van der Waals surface area contributed by atoms with E-state index in [2.05, 4.69) is 4.98 Å². The predicted molar refractivity (Wildman–Crippen MR) is 69.3 cm³/mol. The van der Waals surface area contributed by atoms with E-state index in [1.54, 1.807) is 12.1 Å².